The Balaban J connectivity index is 1.62. The molecule has 0 saturated carbocycles. The normalized spacial score (nSPS) is 11.0. The number of hydrogen-bond acceptors (Lipinski definition) is 4. The lowest BCUT2D eigenvalue weighted by molar-refractivity contribution is -0.124. The average Bonchev–Trinajstić information content (AvgIpc) is 3.06. The molecule has 1 heterocycles. The molecule has 3 rings (SSSR count). The van der Waals surface area contributed by atoms with Crippen LogP contribution in [-0.2, 0) is 22.5 Å². The Morgan fingerprint density at radius 2 is 1.97 bits per heavy atom. The van der Waals surface area contributed by atoms with Crippen LogP contribution in [-0.4, -0.2) is 42.3 Å². The van der Waals surface area contributed by atoms with Crippen molar-refractivity contribution in [2.45, 2.75) is 33.2 Å². The van der Waals surface area contributed by atoms with Crippen molar-refractivity contribution >= 4 is 16.9 Å². The van der Waals surface area contributed by atoms with Crippen molar-refractivity contribution in [1.82, 2.24) is 14.9 Å². The molecule has 2 aromatic carbocycles. The fraction of sp³-hybridized carbons (Fsp3) is 0.391. The smallest absolute Gasteiger partial charge is 0.245 e. The fourth-order valence-electron chi connectivity index (χ4n) is 3.35. The number of nitrogens with zero attached hydrogens (tertiary/aromatic N) is 2. The topological polar surface area (TPSA) is 65.4 Å². The molecule has 0 saturated heterocycles. The van der Waals surface area contributed by atoms with Crippen LogP contribution in [0.2, 0.25) is 0 Å². The van der Waals surface area contributed by atoms with Gasteiger partial charge in [-0.25, -0.2) is 4.98 Å². The first kappa shape index (κ1) is 20.9. The summed E-state index contributed by atoms with van der Waals surface area (Å²) in [7, 11) is 1.51. The van der Waals surface area contributed by atoms with Crippen LogP contribution in [0, 0.1) is 13.8 Å². The quantitative estimate of drug-likeness (QED) is 0.534. The number of nitrogens with one attached hydrogen (secondary N) is 1. The number of methoxy groups -OCH3 is 1. The minimum absolute atomic E-state index is 0.0755. The van der Waals surface area contributed by atoms with E-state index in [1.54, 1.807) is 0 Å². The van der Waals surface area contributed by atoms with E-state index in [1.807, 2.05) is 30.3 Å². The Labute approximate surface area is 171 Å². The molecule has 1 amide bonds. The number of para-hydroxylation sites is 2. The van der Waals surface area contributed by atoms with Crippen molar-refractivity contribution in [3.63, 3.8) is 0 Å². The van der Waals surface area contributed by atoms with Crippen LogP contribution >= 0.6 is 0 Å². The van der Waals surface area contributed by atoms with Crippen molar-refractivity contribution in [3.8, 4) is 5.75 Å². The van der Waals surface area contributed by atoms with Gasteiger partial charge in [0.05, 0.1) is 17.6 Å². The number of ether oxygens (including phenoxy) is 2. The van der Waals surface area contributed by atoms with E-state index < -0.39 is 0 Å². The third-order valence-corrected chi connectivity index (χ3v) is 5.02. The number of aromatic nitrogens is 2. The minimum Gasteiger partial charge on any atom is -0.493 e. The van der Waals surface area contributed by atoms with Crippen LogP contribution in [0.5, 0.6) is 5.75 Å². The van der Waals surface area contributed by atoms with Crippen LogP contribution in [0.15, 0.2) is 42.5 Å². The molecule has 0 atom stereocenters. The molecule has 1 N–H and O–H groups in total. The second-order valence-corrected chi connectivity index (χ2v) is 7.10. The summed E-state index contributed by atoms with van der Waals surface area (Å²) < 4.78 is 13.1. The van der Waals surface area contributed by atoms with E-state index in [9.17, 15) is 4.79 Å². The number of aryl methyl sites for hydroxylation is 2. The summed E-state index contributed by atoms with van der Waals surface area (Å²) in [5, 5.41) is 2.86. The first-order valence-electron chi connectivity index (χ1n) is 9.99. The average molecular weight is 396 g/mol. The summed E-state index contributed by atoms with van der Waals surface area (Å²) in [5.41, 5.74) is 4.51. The predicted molar refractivity (Wildman–Crippen MR) is 114 cm³/mol. The number of rotatable bonds is 10. The van der Waals surface area contributed by atoms with Gasteiger partial charge in [-0.15, -0.1) is 0 Å². The molecule has 0 spiro atoms. The van der Waals surface area contributed by atoms with E-state index in [-0.39, 0.29) is 12.5 Å². The Hall–Kier alpha value is -2.86. The van der Waals surface area contributed by atoms with Gasteiger partial charge in [-0.3, -0.25) is 4.79 Å². The molecule has 0 radical (unpaired) electrons. The van der Waals surface area contributed by atoms with E-state index in [1.165, 1.54) is 18.2 Å². The lowest BCUT2D eigenvalue weighted by Gasteiger charge is -2.13. The van der Waals surface area contributed by atoms with Gasteiger partial charge in [0.15, 0.2) is 0 Å². The molecule has 0 aliphatic heterocycles. The van der Waals surface area contributed by atoms with Gasteiger partial charge in [0.25, 0.3) is 0 Å². The number of hydrogen-bond donors (Lipinski definition) is 1. The van der Waals surface area contributed by atoms with Gasteiger partial charge in [0.2, 0.25) is 5.91 Å². The van der Waals surface area contributed by atoms with Crippen LogP contribution in [0.25, 0.3) is 11.0 Å². The van der Waals surface area contributed by atoms with E-state index in [2.05, 4.69) is 35.9 Å². The van der Waals surface area contributed by atoms with Gasteiger partial charge in [-0.2, -0.15) is 0 Å². The molecule has 154 valence electrons. The Morgan fingerprint density at radius 1 is 1.14 bits per heavy atom. The van der Waals surface area contributed by atoms with Crippen LogP contribution in [0.1, 0.15) is 23.4 Å². The second kappa shape index (κ2) is 10.1. The van der Waals surface area contributed by atoms with Gasteiger partial charge >= 0.3 is 0 Å². The van der Waals surface area contributed by atoms with Gasteiger partial charge in [0, 0.05) is 26.6 Å². The van der Waals surface area contributed by atoms with Gasteiger partial charge in [-0.1, -0.05) is 24.3 Å². The summed E-state index contributed by atoms with van der Waals surface area (Å²) in [6, 6.07) is 14.3. The second-order valence-electron chi connectivity index (χ2n) is 7.10. The highest BCUT2D eigenvalue weighted by Crippen LogP contribution is 2.21. The Bertz CT molecular complexity index is 965. The number of carbonyl (C=O) groups excluding carboxylic acids is 1. The van der Waals surface area contributed by atoms with Crippen LogP contribution in [0.4, 0.5) is 0 Å². The van der Waals surface area contributed by atoms with Crippen molar-refractivity contribution in [1.29, 1.82) is 0 Å². The highest BCUT2D eigenvalue weighted by molar-refractivity contribution is 5.77. The van der Waals surface area contributed by atoms with Crippen molar-refractivity contribution in [2.24, 2.45) is 0 Å². The zero-order chi connectivity index (χ0) is 20.6. The third-order valence-electron chi connectivity index (χ3n) is 5.02. The van der Waals surface area contributed by atoms with Crippen LogP contribution in [0.3, 0.4) is 0 Å². The summed E-state index contributed by atoms with van der Waals surface area (Å²) in [4.78, 5) is 16.4. The Kier molecular flexibility index (Phi) is 7.25. The molecular formula is C23H29N3O3. The molecule has 1 aromatic heterocycles. The first-order valence-corrected chi connectivity index (χ1v) is 9.99. The van der Waals surface area contributed by atoms with E-state index >= 15 is 0 Å². The molecule has 0 aliphatic rings. The number of benzene rings is 2. The SMILES string of the molecule is COCC(=O)NCCc1nc2ccccc2n1CCCOc1cccc(C)c1C. The summed E-state index contributed by atoms with van der Waals surface area (Å²) in [6.45, 7) is 6.24. The maximum atomic E-state index is 11.6. The van der Waals surface area contributed by atoms with E-state index in [4.69, 9.17) is 14.5 Å². The highest BCUT2D eigenvalue weighted by Gasteiger charge is 2.11. The zero-order valence-corrected chi connectivity index (χ0v) is 17.4. The first-order chi connectivity index (χ1) is 14.1. The number of imidazole rings is 1. The van der Waals surface area contributed by atoms with Crippen LogP contribution < -0.4 is 10.1 Å². The molecule has 0 aliphatic carbocycles. The maximum Gasteiger partial charge on any atom is 0.245 e. The largest absolute Gasteiger partial charge is 0.493 e. The van der Waals surface area contributed by atoms with E-state index in [0.29, 0.717) is 19.6 Å². The molecule has 29 heavy (non-hydrogen) atoms. The molecule has 3 aromatic rings. The van der Waals surface area contributed by atoms with Crippen molar-refractivity contribution in [3.05, 3.63) is 59.4 Å². The van der Waals surface area contributed by atoms with Crippen molar-refractivity contribution < 1.29 is 14.3 Å². The molecule has 0 fully saturated rings. The molecule has 6 nitrogen and oxygen atoms in total. The summed E-state index contributed by atoms with van der Waals surface area (Å²) in [6.07, 6.45) is 1.54. The van der Waals surface area contributed by atoms with Gasteiger partial charge in [-0.05, 0) is 49.6 Å². The van der Waals surface area contributed by atoms with Crippen molar-refractivity contribution in [2.75, 3.05) is 26.9 Å². The molecular weight excluding hydrogens is 366 g/mol. The van der Waals surface area contributed by atoms with Gasteiger partial charge < -0.3 is 19.4 Å². The summed E-state index contributed by atoms with van der Waals surface area (Å²) >= 11 is 0. The monoisotopic (exact) mass is 395 g/mol. The number of amides is 1. The molecule has 0 unspecified atom stereocenters. The predicted octanol–water partition coefficient (Wildman–Crippen LogP) is 3.43. The van der Waals surface area contributed by atoms with Gasteiger partial charge in [0.1, 0.15) is 18.2 Å². The lowest BCUT2D eigenvalue weighted by atomic mass is 10.1. The highest BCUT2D eigenvalue weighted by atomic mass is 16.5. The molecule has 0 bridgehead atoms. The summed E-state index contributed by atoms with van der Waals surface area (Å²) in [5.74, 6) is 1.80. The number of carbonyl (C=O) groups is 1. The fourth-order valence-corrected chi connectivity index (χ4v) is 3.35. The Morgan fingerprint density at radius 3 is 2.79 bits per heavy atom. The lowest BCUT2D eigenvalue weighted by Crippen LogP contribution is -2.29. The third kappa shape index (κ3) is 5.35. The minimum atomic E-state index is -0.114. The molecule has 6 heteroatoms. The maximum absolute atomic E-state index is 11.6. The standard InChI is InChI=1S/C23H29N3O3/c1-17-8-6-11-21(18(17)2)29-15-7-14-26-20-10-5-4-9-19(20)25-22(26)12-13-24-23(27)16-28-3/h4-6,8-11H,7,12-16H2,1-3H3,(H,24,27). The van der Waals surface area contributed by atoms with E-state index in [0.717, 1.165) is 35.6 Å². The number of fused-ring (bicyclic) bond motifs is 1. The zero-order valence-electron chi connectivity index (χ0n) is 17.4.